The van der Waals surface area contributed by atoms with E-state index in [1.54, 1.807) is 17.0 Å². The Morgan fingerprint density at radius 2 is 1.76 bits per heavy atom. The molecule has 154 valence electrons. The van der Waals surface area contributed by atoms with Crippen LogP contribution in [0.15, 0.2) is 18.2 Å². The highest BCUT2D eigenvalue weighted by Gasteiger charge is 2.48. The lowest BCUT2D eigenvalue weighted by molar-refractivity contribution is -0.140. The van der Waals surface area contributed by atoms with Crippen LogP contribution < -0.4 is 4.90 Å². The maximum atomic E-state index is 13.0. The van der Waals surface area contributed by atoms with Crippen molar-refractivity contribution in [3.05, 3.63) is 29.3 Å². The maximum Gasteiger partial charge on any atom is 0.338 e. The number of carbonyl (C=O) groups is 4. The zero-order chi connectivity index (χ0) is 20.5. The van der Waals surface area contributed by atoms with Gasteiger partial charge in [0.05, 0.1) is 24.5 Å². The lowest BCUT2D eigenvalue weighted by atomic mass is 9.81. The van der Waals surface area contributed by atoms with Crippen LogP contribution in [0.5, 0.6) is 0 Å². The summed E-state index contributed by atoms with van der Waals surface area (Å²) in [6, 6.07) is 5.29. The van der Waals surface area contributed by atoms with Crippen molar-refractivity contribution in [2.24, 2.45) is 11.8 Å². The largest absolute Gasteiger partial charge is 0.465 e. The Labute approximate surface area is 170 Å². The number of hydrogen-bond acceptors (Lipinski definition) is 5. The van der Waals surface area contributed by atoms with Crippen LogP contribution in [0.2, 0.25) is 0 Å². The predicted octanol–water partition coefficient (Wildman–Crippen LogP) is 2.32. The lowest BCUT2D eigenvalue weighted by Crippen LogP contribution is -2.39. The summed E-state index contributed by atoms with van der Waals surface area (Å²) in [5.74, 6) is -1.15. The van der Waals surface area contributed by atoms with E-state index >= 15 is 0 Å². The van der Waals surface area contributed by atoms with Crippen molar-refractivity contribution < 1.29 is 23.9 Å². The zero-order valence-electron chi connectivity index (χ0n) is 16.7. The van der Waals surface area contributed by atoms with E-state index in [2.05, 4.69) is 0 Å². The van der Waals surface area contributed by atoms with E-state index < -0.39 is 5.97 Å². The van der Waals surface area contributed by atoms with Gasteiger partial charge in [0.2, 0.25) is 17.7 Å². The van der Waals surface area contributed by atoms with Gasteiger partial charge < -0.3 is 9.64 Å². The summed E-state index contributed by atoms with van der Waals surface area (Å²) < 4.78 is 4.86. The number of fused-ring (bicyclic) bond motifs is 2. The fourth-order valence-electron chi connectivity index (χ4n) is 4.98. The van der Waals surface area contributed by atoms with Crippen LogP contribution in [0.25, 0.3) is 0 Å². The second-order valence-electron chi connectivity index (χ2n) is 8.02. The Bertz CT molecular complexity index is 841. The van der Waals surface area contributed by atoms with Crippen LogP contribution in [0, 0.1) is 11.8 Å². The first-order chi connectivity index (χ1) is 14.0. The van der Waals surface area contributed by atoms with E-state index in [0.717, 1.165) is 43.4 Å². The van der Waals surface area contributed by atoms with Gasteiger partial charge >= 0.3 is 5.97 Å². The van der Waals surface area contributed by atoms with E-state index in [9.17, 15) is 19.2 Å². The van der Waals surface area contributed by atoms with Crippen LogP contribution in [0.3, 0.4) is 0 Å². The van der Waals surface area contributed by atoms with Crippen molar-refractivity contribution in [1.29, 1.82) is 0 Å². The van der Waals surface area contributed by atoms with E-state index in [-0.39, 0.29) is 42.5 Å². The van der Waals surface area contributed by atoms with Crippen molar-refractivity contribution in [2.75, 3.05) is 25.1 Å². The molecule has 7 heteroatoms. The first kappa shape index (κ1) is 19.6. The van der Waals surface area contributed by atoms with Gasteiger partial charge in [0.25, 0.3) is 0 Å². The van der Waals surface area contributed by atoms with Gasteiger partial charge in [-0.15, -0.1) is 0 Å². The molecule has 1 saturated heterocycles. The molecule has 0 radical (unpaired) electrons. The minimum absolute atomic E-state index is 0.0960. The number of hydrogen-bond donors (Lipinski definition) is 0. The Kier molecular flexibility index (Phi) is 5.39. The Morgan fingerprint density at radius 1 is 1.07 bits per heavy atom. The molecule has 2 aliphatic heterocycles. The Balaban J connectivity index is 1.47. The summed E-state index contributed by atoms with van der Waals surface area (Å²) in [6.45, 7) is 0.690. The minimum Gasteiger partial charge on any atom is -0.465 e. The van der Waals surface area contributed by atoms with E-state index in [1.807, 2.05) is 6.07 Å². The summed E-state index contributed by atoms with van der Waals surface area (Å²) in [4.78, 5) is 53.2. The van der Waals surface area contributed by atoms with Crippen LogP contribution >= 0.6 is 0 Å². The summed E-state index contributed by atoms with van der Waals surface area (Å²) in [5.41, 5.74) is 2.02. The molecule has 1 aromatic carbocycles. The third kappa shape index (κ3) is 3.43. The smallest absolute Gasteiger partial charge is 0.338 e. The second kappa shape index (κ2) is 7.97. The van der Waals surface area contributed by atoms with Gasteiger partial charge in [0, 0.05) is 25.2 Å². The van der Waals surface area contributed by atoms with Gasteiger partial charge in [-0.2, -0.15) is 0 Å². The van der Waals surface area contributed by atoms with Crippen LogP contribution in [-0.4, -0.2) is 48.8 Å². The Morgan fingerprint density at radius 3 is 2.41 bits per heavy atom. The standard InChI is InChI=1S/C22H26N2O5/c1-29-22(28)17-8-4-10-18-14(17)9-5-12-23(18)19(25)11-13-24-20(26)15-6-2-3-7-16(15)21(24)27/h4,8,10,15-16H,2-3,5-7,9,11-13H2,1H3/t15-,16-/m0/s1. The van der Waals surface area contributed by atoms with Crippen LogP contribution in [0.4, 0.5) is 5.69 Å². The predicted molar refractivity (Wildman–Crippen MR) is 105 cm³/mol. The Hall–Kier alpha value is -2.70. The summed E-state index contributed by atoms with van der Waals surface area (Å²) in [5, 5.41) is 0. The third-order valence-corrected chi connectivity index (χ3v) is 6.44. The molecule has 3 amide bonds. The average molecular weight is 398 g/mol. The van der Waals surface area contributed by atoms with Gasteiger partial charge in [0.1, 0.15) is 0 Å². The lowest BCUT2D eigenvalue weighted by Gasteiger charge is -2.31. The number of esters is 1. The monoisotopic (exact) mass is 398 g/mol. The number of anilines is 1. The number of ether oxygens (including phenoxy) is 1. The molecule has 0 unspecified atom stereocenters. The quantitative estimate of drug-likeness (QED) is 0.574. The maximum absolute atomic E-state index is 13.0. The molecule has 0 bridgehead atoms. The number of benzene rings is 1. The molecular formula is C22H26N2O5. The number of likely N-dealkylation sites (tertiary alicyclic amines) is 1. The van der Waals surface area contributed by atoms with E-state index in [0.29, 0.717) is 18.5 Å². The first-order valence-electron chi connectivity index (χ1n) is 10.4. The van der Waals surface area contributed by atoms with Gasteiger partial charge in [-0.05, 0) is 43.4 Å². The molecule has 2 fully saturated rings. The van der Waals surface area contributed by atoms with Gasteiger partial charge in [-0.1, -0.05) is 18.9 Å². The van der Waals surface area contributed by atoms with Gasteiger partial charge in [-0.3, -0.25) is 19.3 Å². The zero-order valence-corrected chi connectivity index (χ0v) is 16.7. The highest BCUT2D eigenvalue weighted by Crippen LogP contribution is 2.38. The third-order valence-electron chi connectivity index (χ3n) is 6.44. The minimum atomic E-state index is -0.410. The number of methoxy groups -OCH3 is 1. The summed E-state index contributed by atoms with van der Waals surface area (Å²) in [6.07, 6.45) is 5.07. The van der Waals surface area contributed by atoms with Crippen molar-refractivity contribution in [2.45, 2.75) is 44.9 Å². The molecule has 7 nitrogen and oxygen atoms in total. The molecule has 0 N–H and O–H groups in total. The SMILES string of the molecule is COC(=O)c1cccc2c1CCCN2C(=O)CCN1C(=O)[C@H]2CCCC[C@@H]2C1=O. The van der Waals surface area contributed by atoms with Gasteiger partial charge in [-0.25, -0.2) is 4.79 Å². The second-order valence-corrected chi connectivity index (χ2v) is 8.02. The first-order valence-corrected chi connectivity index (χ1v) is 10.4. The fourth-order valence-corrected chi connectivity index (χ4v) is 4.98. The van der Waals surface area contributed by atoms with Crippen molar-refractivity contribution >= 4 is 29.4 Å². The highest BCUT2D eigenvalue weighted by molar-refractivity contribution is 6.06. The van der Waals surface area contributed by atoms with Crippen molar-refractivity contribution in [3.8, 4) is 0 Å². The van der Waals surface area contributed by atoms with E-state index in [1.165, 1.54) is 12.0 Å². The normalized spacial score (nSPS) is 23.6. The molecule has 29 heavy (non-hydrogen) atoms. The van der Waals surface area contributed by atoms with Crippen LogP contribution in [-0.2, 0) is 25.5 Å². The number of rotatable bonds is 4. The molecule has 1 aromatic rings. The summed E-state index contributed by atoms with van der Waals surface area (Å²) in [7, 11) is 1.34. The number of nitrogens with zero attached hydrogens (tertiary/aromatic N) is 2. The number of amides is 3. The number of carbonyl (C=O) groups excluding carboxylic acids is 4. The fraction of sp³-hybridized carbons (Fsp3) is 0.545. The van der Waals surface area contributed by atoms with Crippen molar-refractivity contribution in [1.82, 2.24) is 4.90 Å². The van der Waals surface area contributed by atoms with E-state index in [4.69, 9.17) is 4.74 Å². The van der Waals surface area contributed by atoms with Crippen LogP contribution in [0.1, 0.15) is 54.4 Å². The highest BCUT2D eigenvalue weighted by atomic mass is 16.5. The molecule has 4 rings (SSSR count). The number of imide groups is 1. The average Bonchev–Trinajstić information content (AvgIpc) is 3.00. The molecule has 2 atom stereocenters. The molecule has 0 aromatic heterocycles. The van der Waals surface area contributed by atoms with Crippen molar-refractivity contribution in [3.63, 3.8) is 0 Å². The molecule has 1 aliphatic carbocycles. The van der Waals surface area contributed by atoms with Gasteiger partial charge in [0.15, 0.2) is 0 Å². The molecule has 1 saturated carbocycles. The molecular weight excluding hydrogens is 372 g/mol. The summed E-state index contributed by atoms with van der Waals surface area (Å²) >= 11 is 0. The molecule has 2 heterocycles. The molecule has 0 spiro atoms. The molecule has 3 aliphatic rings. The topological polar surface area (TPSA) is 84.0 Å².